The second-order valence-electron chi connectivity index (χ2n) is 11.8. The molecule has 7 nitrogen and oxygen atoms in total. The third kappa shape index (κ3) is 4.36. The number of halogens is 1. The number of imidazole rings is 1. The molecule has 41 heavy (non-hydrogen) atoms. The van der Waals surface area contributed by atoms with Crippen molar-refractivity contribution in [2.75, 3.05) is 24.5 Å². The SMILES string of the molecule is Cc1c(-c2ccc(N3CC[C@H](C(=O)O)C3)cc2F)nc2c(C3CC3)cc(C(=O)N3CCc4ccccc4[C@H]3C)cn12. The number of pyridine rings is 1. The van der Waals surface area contributed by atoms with Crippen LogP contribution in [0.3, 0.4) is 0 Å². The number of amides is 1. The summed E-state index contributed by atoms with van der Waals surface area (Å²) in [6.45, 7) is 5.65. The van der Waals surface area contributed by atoms with Gasteiger partial charge in [-0.3, -0.25) is 9.59 Å². The van der Waals surface area contributed by atoms with Gasteiger partial charge in [-0.05, 0) is 86.4 Å². The Kier molecular flexibility index (Phi) is 6.10. The second-order valence-corrected chi connectivity index (χ2v) is 11.8. The van der Waals surface area contributed by atoms with Crippen LogP contribution < -0.4 is 4.90 Å². The van der Waals surface area contributed by atoms with Crippen molar-refractivity contribution >= 4 is 23.2 Å². The maximum Gasteiger partial charge on any atom is 0.308 e. The van der Waals surface area contributed by atoms with Crippen LogP contribution in [-0.2, 0) is 11.2 Å². The van der Waals surface area contributed by atoms with E-state index >= 15 is 4.39 Å². The van der Waals surface area contributed by atoms with E-state index in [1.54, 1.807) is 6.07 Å². The number of aromatic nitrogens is 2. The summed E-state index contributed by atoms with van der Waals surface area (Å²) in [4.78, 5) is 34.1. The molecule has 210 valence electrons. The van der Waals surface area contributed by atoms with E-state index in [2.05, 4.69) is 25.1 Å². The number of aliphatic carboxylic acids is 1. The highest BCUT2D eigenvalue weighted by Gasteiger charge is 2.33. The quantitative estimate of drug-likeness (QED) is 0.329. The summed E-state index contributed by atoms with van der Waals surface area (Å²) < 4.78 is 17.5. The van der Waals surface area contributed by atoms with Gasteiger partial charge in [-0.15, -0.1) is 0 Å². The predicted molar refractivity (Wildman–Crippen MR) is 155 cm³/mol. The lowest BCUT2D eigenvalue weighted by atomic mass is 9.93. The predicted octanol–water partition coefficient (Wildman–Crippen LogP) is 6.00. The van der Waals surface area contributed by atoms with Gasteiger partial charge in [-0.1, -0.05) is 24.3 Å². The number of hydrogen-bond donors (Lipinski definition) is 1. The molecule has 4 aromatic rings. The molecular weight excluding hydrogens is 519 g/mol. The molecule has 0 unspecified atom stereocenters. The van der Waals surface area contributed by atoms with Gasteiger partial charge in [0.25, 0.3) is 5.91 Å². The molecule has 2 fully saturated rings. The Morgan fingerprint density at radius 1 is 1.02 bits per heavy atom. The van der Waals surface area contributed by atoms with Crippen molar-refractivity contribution in [1.29, 1.82) is 0 Å². The zero-order chi connectivity index (χ0) is 28.4. The summed E-state index contributed by atoms with van der Waals surface area (Å²) in [5, 5.41) is 9.34. The second kappa shape index (κ2) is 9.72. The van der Waals surface area contributed by atoms with E-state index in [0.717, 1.165) is 36.2 Å². The molecule has 1 N–H and O–H groups in total. The average molecular weight is 553 g/mol. The van der Waals surface area contributed by atoms with Crippen LogP contribution in [0, 0.1) is 18.7 Å². The summed E-state index contributed by atoms with van der Waals surface area (Å²) in [6.07, 6.45) is 5.36. The average Bonchev–Trinajstić information content (AvgIpc) is 3.60. The lowest BCUT2D eigenvalue weighted by Gasteiger charge is -2.35. The summed E-state index contributed by atoms with van der Waals surface area (Å²) in [6, 6.07) is 15.4. The van der Waals surface area contributed by atoms with Gasteiger partial charge in [0.2, 0.25) is 0 Å². The van der Waals surface area contributed by atoms with Gasteiger partial charge in [0.15, 0.2) is 0 Å². The van der Waals surface area contributed by atoms with Crippen LogP contribution in [0.4, 0.5) is 10.1 Å². The van der Waals surface area contributed by atoms with Crippen LogP contribution in [0.15, 0.2) is 54.7 Å². The molecule has 1 aliphatic carbocycles. The standard InChI is InChI=1S/C33H33FN4O3/c1-19-26-6-4-3-5-21(26)12-14-37(19)32(39)24-15-28(22-7-8-22)31-35-30(20(2)38(31)18-24)27-10-9-25(16-29(27)34)36-13-11-23(17-36)33(40)41/h3-6,9-10,15-16,18-19,22-23H,7-8,11-14,17H2,1-2H3,(H,40,41)/t19-,23+/m1/s1. The minimum absolute atomic E-state index is 0.00580. The van der Waals surface area contributed by atoms with Gasteiger partial charge < -0.3 is 19.3 Å². The van der Waals surface area contributed by atoms with Gasteiger partial charge >= 0.3 is 5.97 Å². The van der Waals surface area contributed by atoms with Gasteiger partial charge in [-0.2, -0.15) is 0 Å². The first-order valence-electron chi connectivity index (χ1n) is 14.5. The Morgan fingerprint density at radius 2 is 1.83 bits per heavy atom. The maximum atomic E-state index is 15.6. The summed E-state index contributed by atoms with van der Waals surface area (Å²) >= 11 is 0. The van der Waals surface area contributed by atoms with Crippen molar-refractivity contribution in [2.24, 2.45) is 5.92 Å². The molecule has 2 aromatic heterocycles. The Labute approximate surface area is 238 Å². The third-order valence-electron chi connectivity index (χ3n) is 9.22. The Bertz CT molecular complexity index is 1710. The van der Waals surface area contributed by atoms with Gasteiger partial charge in [0, 0.05) is 42.8 Å². The Balaban J connectivity index is 1.24. The van der Waals surface area contributed by atoms with Crippen LogP contribution in [0.1, 0.15) is 70.9 Å². The van der Waals surface area contributed by atoms with E-state index in [9.17, 15) is 14.7 Å². The number of hydrogen-bond acceptors (Lipinski definition) is 4. The lowest BCUT2D eigenvalue weighted by molar-refractivity contribution is -0.140. The number of aryl methyl sites for hydroxylation is 1. The summed E-state index contributed by atoms with van der Waals surface area (Å²) in [7, 11) is 0. The third-order valence-corrected chi connectivity index (χ3v) is 9.22. The maximum absolute atomic E-state index is 15.6. The highest BCUT2D eigenvalue weighted by molar-refractivity contribution is 5.95. The number of nitrogens with zero attached hydrogens (tertiary/aromatic N) is 4. The largest absolute Gasteiger partial charge is 0.481 e. The van der Waals surface area contributed by atoms with E-state index in [-0.39, 0.29) is 11.9 Å². The lowest BCUT2D eigenvalue weighted by Crippen LogP contribution is -2.39. The zero-order valence-electron chi connectivity index (χ0n) is 23.3. The summed E-state index contributed by atoms with van der Waals surface area (Å²) in [5.74, 6) is -1.28. The molecule has 2 aliphatic heterocycles. The molecule has 8 heteroatoms. The van der Waals surface area contributed by atoms with Crippen molar-refractivity contribution in [3.8, 4) is 11.3 Å². The number of carbonyl (C=O) groups is 2. The Morgan fingerprint density at radius 3 is 2.56 bits per heavy atom. The minimum atomic E-state index is -0.811. The minimum Gasteiger partial charge on any atom is -0.481 e. The van der Waals surface area contributed by atoms with Crippen molar-refractivity contribution in [1.82, 2.24) is 14.3 Å². The molecule has 1 saturated carbocycles. The van der Waals surface area contributed by atoms with Gasteiger partial charge in [0.1, 0.15) is 11.5 Å². The zero-order valence-corrected chi connectivity index (χ0v) is 23.3. The fraction of sp³-hybridized carbons (Fsp3) is 0.364. The fourth-order valence-corrected chi connectivity index (χ4v) is 6.65. The van der Waals surface area contributed by atoms with Crippen molar-refractivity contribution in [3.63, 3.8) is 0 Å². The first-order valence-corrected chi connectivity index (χ1v) is 14.5. The van der Waals surface area contributed by atoms with E-state index in [1.165, 1.54) is 17.2 Å². The number of anilines is 1. The molecule has 7 rings (SSSR count). The number of carboxylic acids is 1. The number of carbonyl (C=O) groups excluding carboxylic acids is 1. The van der Waals surface area contributed by atoms with Crippen LogP contribution in [0.2, 0.25) is 0 Å². The van der Waals surface area contributed by atoms with Gasteiger partial charge in [-0.25, -0.2) is 9.37 Å². The first-order chi connectivity index (χ1) is 19.8. The van der Waals surface area contributed by atoms with E-state index in [0.29, 0.717) is 54.5 Å². The smallest absolute Gasteiger partial charge is 0.308 e. The topological polar surface area (TPSA) is 78.1 Å². The highest BCUT2D eigenvalue weighted by atomic mass is 19.1. The van der Waals surface area contributed by atoms with E-state index in [4.69, 9.17) is 4.98 Å². The molecule has 0 radical (unpaired) electrons. The number of rotatable bonds is 5. The van der Waals surface area contributed by atoms with E-state index < -0.39 is 17.7 Å². The van der Waals surface area contributed by atoms with Crippen LogP contribution in [-0.4, -0.2) is 50.9 Å². The number of fused-ring (bicyclic) bond motifs is 2. The number of carboxylic acid groups (broad SMARTS) is 1. The molecule has 4 heterocycles. The van der Waals surface area contributed by atoms with Crippen LogP contribution in [0.5, 0.6) is 0 Å². The van der Waals surface area contributed by atoms with Crippen molar-refractivity contribution in [2.45, 2.75) is 51.5 Å². The normalized spacial score (nSPS) is 20.5. The molecule has 2 aromatic carbocycles. The molecule has 1 amide bonds. The molecule has 2 atom stereocenters. The summed E-state index contributed by atoms with van der Waals surface area (Å²) in [5.41, 5.74) is 7.38. The number of benzene rings is 2. The van der Waals surface area contributed by atoms with Crippen molar-refractivity contribution in [3.05, 3.63) is 88.5 Å². The van der Waals surface area contributed by atoms with Crippen molar-refractivity contribution < 1.29 is 19.1 Å². The van der Waals surface area contributed by atoms with Crippen LogP contribution in [0.25, 0.3) is 16.9 Å². The van der Waals surface area contributed by atoms with E-state index in [1.807, 2.05) is 45.5 Å². The molecule has 1 saturated heterocycles. The first kappa shape index (κ1) is 25.7. The monoisotopic (exact) mass is 552 g/mol. The fourth-order valence-electron chi connectivity index (χ4n) is 6.65. The molecular formula is C33H33FN4O3. The molecule has 3 aliphatic rings. The Hall–Kier alpha value is -4.20. The van der Waals surface area contributed by atoms with Crippen LogP contribution >= 0.6 is 0 Å². The molecule has 0 bridgehead atoms. The molecule has 0 spiro atoms. The van der Waals surface area contributed by atoms with Gasteiger partial charge in [0.05, 0.1) is 23.2 Å². The highest BCUT2D eigenvalue weighted by Crippen LogP contribution is 2.43.